The maximum absolute atomic E-state index is 12.6. The van der Waals surface area contributed by atoms with E-state index in [4.69, 9.17) is 0 Å². The van der Waals surface area contributed by atoms with Crippen LogP contribution in [-0.4, -0.2) is 40.6 Å². The van der Waals surface area contributed by atoms with Gasteiger partial charge in [0.1, 0.15) is 0 Å². The number of benzene rings is 1. The molecule has 0 saturated heterocycles. The number of rotatable bonds is 3. The molecule has 6 nitrogen and oxygen atoms in total. The Morgan fingerprint density at radius 1 is 1.12 bits per heavy atom. The first-order chi connectivity index (χ1) is 11.5. The van der Waals surface area contributed by atoms with Crippen LogP contribution in [0.5, 0.6) is 0 Å². The molecule has 2 aromatic rings. The highest BCUT2D eigenvalue weighted by atomic mass is 16.2. The number of aryl methyl sites for hydroxylation is 1. The quantitative estimate of drug-likeness (QED) is 0.932. The number of amides is 2. The van der Waals surface area contributed by atoms with Crippen LogP contribution in [0.25, 0.3) is 0 Å². The number of carbonyl (C=O) groups excluding carboxylic acids is 2. The van der Waals surface area contributed by atoms with Crippen LogP contribution in [0.2, 0.25) is 0 Å². The topological polar surface area (TPSA) is 67.2 Å². The summed E-state index contributed by atoms with van der Waals surface area (Å²) < 4.78 is 1.59. The van der Waals surface area contributed by atoms with Gasteiger partial charge < -0.3 is 10.2 Å². The summed E-state index contributed by atoms with van der Waals surface area (Å²) in [6.45, 7) is 8.19. The molecule has 0 bridgehead atoms. The summed E-state index contributed by atoms with van der Waals surface area (Å²) in [5.74, 6) is -0.508. The second-order valence-electron chi connectivity index (χ2n) is 7.41. The molecular formula is C19H26N4O2. The third-order valence-corrected chi connectivity index (χ3v) is 4.19. The molecule has 0 radical (unpaired) electrons. The molecule has 0 atom stereocenters. The van der Waals surface area contributed by atoms with E-state index in [0.29, 0.717) is 11.3 Å². The summed E-state index contributed by atoms with van der Waals surface area (Å²) in [5, 5.41) is 7.08. The second-order valence-corrected chi connectivity index (χ2v) is 7.41. The summed E-state index contributed by atoms with van der Waals surface area (Å²) in [7, 11) is 5.06. The van der Waals surface area contributed by atoms with E-state index >= 15 is 0 Å². The van der Waals surface area contributed by atoms with Gasteiger partial charge >= 0.3 is 0 Å². The highest BCUT2D eigenvalue weighted by Gasteiger charge is 2.23. The molecule has 1 aromatic heterocycles. The van der Waals surface area contributed by atoms with Crippen LogP contribution >= 0.6 is 0 Å². The van der Waals surface area contributed by atoms with E-state index in [2.05, 4.69) is 31.2 Å². The first kappa shape index (κ1) is 18.7. The Morgan fingerprint density at radius 3 is 2.16 bits per heavy atom. The highest BCUT2D eigenvalue weighted by Crippen LogP contribution is 2.24. The third-order valence-electron chi connectivity index (χ3n) is 4.19. The van der Waals surface area contributed by atoms with Crippen LogP contribution in [0, 0.1) is 6.92 Å². The summed E-state index contributed by atoms with van der Waals surface area (Å²) in [5.41, 5.74) is 3.14. The number of aromatic nitrogens is 2. The molecule has 2 rings (SSSR count). The van der Waals surface area contributed by atoms with Crippen LogP contribution in [0.1, 0.15) is 52.9 Å². The zero-order chi connectivity index (χ0) is 18.9. The van der Waals surface area contributed by atoms with Gasteiger partial charge in [0, 0.05) is 26.7 Å². The van der Waals surface area contributed by atoms with E-state index in [-0.39, 0.29) is 22.9 Å². The van der Waals surface area contributed by atoms with Crippen LogP contribution in [0.3, 0.4) is 0 Å². The Kier molecular flexibility index (Phi) is 5.02. The van der Waals surface area contributed by atoms with E-state index in [0.717, 1.165) is 11.3 Å². The van der Waals surface area contributed by atoms with Gasteiger partial charge in [0.25, 0.3) is 11.8 Å². The average Bonchev–Trinajstić information content (AvgIpc) is 2.81. The smallest absolute Gasteiger partial charge is 0.276 e. The van der Waals surface area contributed by atoms with Crippen molar-refractivity contribution in [2.24, 2.45) is 7.05 Å². The van der Waals surface area contributed by atoms with Crippen molar-refractivity contribution in [3.63, 3.8) is 0 Å². The van der Waals surface area contributed by atoms with Crippen molar-refractivity contribution in [3.05, 3.63) is 46.8 Å². The van der Waals surface area contributed by atoms with Crippen molar-refractivity contribution in [1.29, 1.82) is 0 Å². The fourth-order valence-electron chi connectivity index (χ4n) is 2.43. The summed E-state index contributed by atoms with van der Waals surface area (Å²) in [6, 6.07) is 7.51. The molecule has 134 valence electrons. The van der Waals surface area contributed by atoms with Crippen LogP contribution in [0.15, 0.2) is 24.3 Å². The highest BCUT2D eigenvalue weighted by molar-refractivity contribution is 6.08. The molecule has 0 fully saturated rings. The van der Waals surface area contributed by atoms with E-state index in [1.165, 1.54) is 4.90 Å². The molecule has 1 aromatic carbocycles. The van der Waals surface area contributed by atoms with Crippen molar-refractivity contribution in [1.82, 2.24) is 14.7 Å². The number of hydrogen-bond donors (Lipinski definition) is 1. The SMILES string of the molecule is Cc1c(NC(=O)c2ccc(C(C)(C)C)cc2)c(C(=O)N(C)C)nn1C. The van der Waals surface area contributed by atoms with Crippen molar-refractivity contribution < 1.29 is 9.59 Å². The minimum absolute atomic E-state index is 0.0280. The Balaban J connectivity index is 2.31. The molecule has 0 aliphatic carbocycles. The summed E-state index contributed by atoms with van der Waals surface area (Å²) in [6.07, 6.45) is 0. The normalized spacial score (nSPS) is 11.3. The standard InChI is InChI=1S/C19H26N4O2/c1-12-15(16(21-23(12)7)18(25)22(5)6)20-17(24)13-8-10-14(11-9-13)19(2,3)4/h8-11H,1-7H3,(H,20,24). The number of hydrogen-bond acceptors (Lipinski definition) is 3. The first-order valence-corrected chi connectivity index (χ1v) is 8.19. The zero-order valence-electron chi connectivity index (χ0n) is 16.0. The Hall–Kier alpha value is -2.63. The molecular weight excluding hydrogens is 316 g/mol. The Labute approximate surface area is 148 Å². The van der Waals surface area contributed by atoms with E-state index in [1.807, 2.05) is 19.1 Å². The van der Waals surface area contributed by atoms with Gasteiger partial charge in [0.05, 0.1) is 11.4 Å². The second kappa shape index (κ2) is 6.70. The van der Waals surface area contributed by atoms with Crippen molar-refractivity contribution in [2.75, 3.05) is 19.4 Å². The van der Waals surface area contributed by atoms with Gasteiger partial charge in [0.2, 0.25) is 0 Å². The fourth-order valence-corrected chi connectivity index (χ4v) is 2.43. The molecule has 1 N–H and O–H groups in total. The minimum Gasteiger partial charge on any atom is -0.343 e. The number of nitrogens with zero attached hydrogens (tertiary/aromatic N) is 3. The van der Waals surface area contributed by atoms with Gasteiger partial charge in [-0.2, -0.15) is 5.10 Å². The minimum atomic E-state index is -0.260. The predicted molar refractivity (Wildman–Crippen MR) is 99.1 cm³/mol. The number of nitrogens with one attached hydrogen (secondary N) is 1. The van der Waals surface area contributed by atoms with Gasteiger partial charge in [-0.3, -0.25) is 14.3 Å². The summed E-state index contributed by atoms with van der Waals surface area (Å²) in [4.78, 5) is 26.4. The average molecular weight is 342 g/mol. The fraction of sp³-hybridized carbons (Fsp3) is 0.421. The maximum Gasteiger partial charge on any atom is 0.276 e. The molecule has 25 heavy (non-hydrogen) atoms. The van der Waals surface area contributed by atoms with Crippen molar-refractivity contribution in [3.8, 4) is 0 Å². The van der Waals surface area contributed by atoms with Gasteiger partial charge in [-0.1, -0.05) is 32.9 Å². The molecule has 0 aliphatic rings. The molecule has 0 saturated carbocycles. The van der Waals surface area contributed by atoms with E-state index < -0.39 is 0 Å². The molecule has 6 heteroatoms. The molecule has 0 unspecified atom stereocenters. The molecule has 0 spiro atoms. The van der Waals surface area contributed by atoms with Gasteiger partial charge in [0.15, 0.2) is 5.69 Å². The summed E-state index contributed by atoms with van der Waals surface area (Å²) >= 11 is 0. The lowest BCUT2D eigenvalue weighted by atomic mass is 9.87. The largest absolute Gasteiger partial charge is 0.343 e. The van der Waals surface area contributed by atoms with E-state index in [1.54, 1.807) is 38.0 Å². The lowest BCUT2D eigenvalue weighted by molar-refractivity contribution is 0.0822. The molecule has 1 heterocycles. The van der Waals surface area contributed by atoms with Crippen molar-refractivity contribution in [2.45, 2.75) is 33.1 Å². The van der Waals surface area contributed by atoms with Crippen LogP contribution < -0.4 is 5.32 Å². The molecule has 0 aliphatic heterocycles. The Morgan fingerprint density at radius 2 is 1.68 bits per heavy atom. The number of anilines is 1. The Bertz CT molecular complexity index is 796. The maximum atomic E-state index is 12.6. The lowest BCUT2D eigenvalue weighted by Crippen LogP contribution is -2.24. The zero-order valence-corrected chi connectivity index (χ0v) is 16.0. The van der Waals surface area contributed by atoms with Crippen LogP contribution in [0.4, 0.5) is 5.69 Å². The lowest BCUT2D eigenvalue weighted by Gasteiger charge is -2.19. The molecule has 2 amide bonds. The first-order valence-electron chi connectivity index (χ1n) is 8.19. The monoisotopic (exact) mass is 342 g/mol. The number of carbonyl (C=O) groups is 2. The van der Waals surface area contributed by atoms with Gasteiger partial charge in [-0.05, 0) is 30.0 Å². The van der Waals surface area contributed by atoms with E-state index in [9.17, 15) is 9.59 Å². The predicted octanol–water partition coefficient (Wildman–Crippen LogP) is 2.98. The van der Waals surface area contributed by atoms with Crippen molar-refractivity contribution >= 4 is 17.5 Å². The van der Waals surface area contributed by atoms with Gasteiger partial charge in [-0.25, -0.2) is 0 Å². The third kappa shape index (κ3) is 3.90. The van der Waals surface area contributed by atoms with Crippen LogP contribution in [-0.2, 0) is 12.5 Å². The van der Waals surface area contributed by atoms with Gasteiger partial charge in [-0.15, -0.1) is 0 Å².